The molecule has 7 nitrogen and oxygen atoms in total. The van der Waals surface area contributed by atoms with Gasteiger partial charge < -0.3 is 9.15 Å². The number of nitrogens with zero attached hydrogens (tertiary/aromatic N) is 3. The molecule has 1 aliphatic heterocycles. The van der Waals surface area contributed by atoms with Crippen molar-refractivity contribution in [2.24, 2.45) is 0 Å². The molecule has 0 bridgehead atoms. The average Bonchev–Trinajstić information content (AvgIpc) is 3.38. The molecule has 5 rings (SSSR count). The summed E-state index contributed by atoms with van der Waals surface area (Å²) in [5.74, 6) is 0.199. The van der Waals surface area contributed by atoms with E-state index in [1.807, 2.05) is 51.1 Å². The minimum Gasteiger partial charge on any atom is -0.496 e. The smallest absolute Gasteiger partial charge is 0.297 e. The summed E-state index contributed by atoms with van der Waals surface area (Å²) in [5, 5.41) is 10.1. The number of aromatic nitrogens is 2. The summed E-state index contributed by atoms with van der Waals surface area (Å²) in [7, 11) is 1.57. The lowest BCUT2D eigenvalue weighted by atomic mass is 9.97. The van der Waals surface area contributed by atoms with Crippen LogP contribution < -0.4 is 15.1 Å². The SMILES string of the molecule is CCc1nnc(N2C(=O)c3oc4cc(C)c(C)cc4c(=O)c3C2c2ccccc2OC)s1. The van der Waals surface area contributed by atoms with Crippen molar-refractivity contribution < 1.29 is 13.9 Å². The first-order valence-corrected chi connectivity index (χ1v) is 11.1. The van der Waals surface area contributed by atoms with Gasteiger partial charge in [-0.2, -0.15) is 0 Å². The van der Waals surface area contributed by atoms with E-state index < -0.39 is 11.9 Å². The second-order valence-electron chi connectivity index (χ2n) is 7.76. The van der Waals surface area contributed by atoms with Gasteiger partial charge in [0.2, 0.25) is 10.9 Å². The van der Waals surface area contributed by atoms with Crippen LogP contribution in [0.15, 0.2) is 45.6 Å². The van der Waals surface area contributed by atoms with Crippen molar-refractivity contribution in [2.75, 3.05) is 12.0 Å². The van der Waals surface area contributed by atoms with E-state index in [1.54, 1.807) is 13.2 Å². The number of para-hydroxylation sites is 1. The molecule has 0 radical (unpaired) electrons. The summed E-state index contributed by atoms with van der Waals surface area (Å²) in [6.07, 6.45) is 0.700. The molecule has 0 saturated carbocycles. The predicted octanol–water partition coefficient (Wildman–Crippen LogP) is 4.58. The van der Waals surface area contributed by atoms with Crippen LogP contribution >= 0.6 is 11.3 Å². The van der Waals surface area contributed by atoms with E-state index in [9.17, 15) is 9.59 Å². The number of anilines is 1. The first-order chi connectivity index (χ1) is 15.4. The average molecular weight is 448 g/mol. The zero-order chi connectivity index (χ0) is 22.6. The first kappa shape index (κ1) is 20.4. The minimum atomic E-state index is -0.728. The maximum Gasteiger partial charge on any atom is 0.297 e. The molecule has 2 aromatic carbocycles. The van der Waals surface area contributed by atoms with Crippen LogP contribution in [0.2, 0.25) is 0 Å². The molecule has 0 fully saturated rings. The van der Waals surface area contributed by atoms with Crippen LogP contribution in [0.25, 0.3) is 11.0 Å². The van der Waals surface area contributed by atoms with Gasteiger partial charge in [-0.1, -0.05) is 36.5 Å². The van der Waals surface area contributed by atoms with Crippen molar-refractivity contribution in [2.45, 2.75) is 33.2 Å². The fourth-order valence-corrected chi connectivity index (χ4v) is 4.90. The van der Waals surface area contributed by atoms with Crippen molar-refractivity contribution in [3.05, 3.63) is 79.6 Å². The zero-order valence-corrected chi connectivity index (χ0v) is 18.9. The Balaban J connectivity index is 1.84. The number of carbonyl (C=O) groups is 1. The summed E-state index contributed by atoms with van der Waals surface area (Å²) < 4.78 is 11.6. The van der Waals surface area contributed by atoms with E-state index in [-0.39, 0.29) is 11.2 Å². The Morgan fingerprint density at radius 2 is 1.88 bits per heavy atom. The Labute approximate surface area is 188 Å². The Hall–Kier alpha value is -3.52. The van der Waals surface area contributed by atoms with E-state index in [2.05, 4.69) is 10.2 Å². The molecule has 32 heavy (non-hydrogen) atoms. The molecule has 3 heterocycles. The van der Waals surface area contributed by atoms with Crippen LogP contribution in [0.3, 0.4) is 0 Å². The highest BCUT2D eigenvalue weighted by Crippen LogP contribution is 2.44. The Bertz CT molecular complexity index is 1440. The van der Waals surface area contributed by atoms with Crippen LogP contribution in [0.4, 0.5) is 5.13 Å². The Morgan fingerprint density at radius 1 is 1.12 bits per heavy atom. The van der Waals surface area contributed by atoms with Crippen LogP contribution in [0.5, 0.6) is 5.75 Å². The molecule has 1 atom stereocenters. The number of rotatable bonds is 4. The lowest BCUT2D eigenvalue weighted by Gasteiger charge is -2.23. The van der Waals surface area contributed by atoms with Gasteiger partial charge in [0.15, 0.2) is 5.43 Å². The Morgan fingerprint density at radius 3 is 2.59 bits per heavy atom. The number of methoxy groups -OCH3 is 1. The van der Waals surface area contributed by atoms with Crippen molar-refractivity contribution >= 4 is 33.3 Å². The lowest BCUT2D eigenvalue weighted by Crippen LogP contribution is -2.29. The van der Waals surface area contributed by atoms with E-state index >= 15 is 0 Å². The third-order valence-corrected chi connectivity index (χ3v) is 6.95. The number of ether oxygens (including phenoxy) is 1. The number of aryl methyl sites for hydroxylation is 3. The number of carbonyl (C=O) groups excluding carboxylic acids is 1. The molecule has 0 N–H and O–H groups in total. The van der Waals surface area contributed by atoms with E-state index in [0.717, 1.165) is 16.1 Å². The standard InChI is InChI=1S/C24H21N3O4S/c1-5-18-25-26-24(32-18)27-20(14-8-6-7-9-16(14)30-4)19-21(28)15-10-12(2)13(3)11-17(15)31-22(19)23(27)29/h6-11,20H,5H2,1-4H3. The third kappa shape index (κ3) is 2.94. The summed E-state index contributed by atoms with van der Waals surface area (Å²) >= 11 is 1.33. The molecular weight excluding hydrogens is 426 g/mol. The van der Waals surface area contributed by atoms with Gasteiger partial charge in [0.05, 0.1) is 18.1 Å². The molecule has 1 unspecified atom stereocenters. The molecule has 8 heteroatoms. The number of benzene rings is 2. The minimum absolute atomic E-state index is 0.0370. The van der Waals surface area contributed by atoms with Gasteiger partial charge >= 0.3 is 0 Å². The van der Waals surface area contributed by atoms with Gasteiger partial charge in [-0.3, -0.25) is 14.5 Å². The number of hydrogen-bond donors (Lipinski definition) is 0. The maximum absolute atomic E-state index is 13.7. The highest BCUT2D eigenvalue weighted by molar-refractivity contribution is 7.15. The normalized spacial score (nSPS) is 15.4. The largest absolute Gasteiger partial charge is 0.496 e. The van der Waals surface area contributed by atoms with Crippen molar-refractivity contribution in [1.82, 2.24) is 10.2 Å². The lowest BCUT2D eigenvalue weighted by molar-refractivity contribution is 0.0970. The number of amides is 1. The molecule has 2 aromatic heterocycles. The summed E-state index contributed by atoms with van der Waals surface area (Å²) in [4.78, 5) is 28.9. The second-order valence-corrected chi connectivity index (χ2v) is 8.80. The van der Waals surface area contributed by atoms with E-state index in [1.165, 1.54) is 16.2 Å². The van der Waals surface area contributed by atoms with Gasteiger partial charge in [-0.05, 0) is 49.6 Å². The Kier molecular flexibility index (Phi) is 4.82. The second kappa shape index (κ2) is 7.56. The molecule has 0 saturated heterocycles. The summed E-state index contributed by atoms with van der Waals surface area (Å²) in [5.41, 5.74) is 3.13. The van der Waals surface area contributed by atoms with Gasteiger partial charge in [0.1, 0.15) is 22.4 Å². The zero-order valence-electron chi connectivity index (χ0n) is 18.1. The topological polar surface area (TPSA) is 85.5 Å². The molecule has 0 spiro atoms. The van der Waals surface area contributed by atoms with Crippen LogP contribution in [-0.4, -0.2) is 23.2 Å². The van der Waals surface area contributed by atoms with Crippen LogP contribution in [0, 0.1) is 13.8 Å². The van der Waals surface area contributed by atoms with Crippen LogP contribution in [-0.2, 0) is 6.42 Å². The molecule has 162 valence electrons. The van der Waals surface area contributed by atoms with Gasteiger partial charge in [-0.25, -0.2) is 0 Å². The number of fused-ring (bicyclic) bond motifs is 2. The van der Waals surface area contributed by atoms with Gasteiger partial charge in [-0.15, -0.1) is 10.2 Å². The molecule has 1 aliphatic rings. The highest BCUT2D eigenvalue weighted by Gasteiger charge is 2.46. The van der Waals surface area contributed by atoms with Gasteiger partial charge in [0.25, 0.3) is 5.91 Å². The molecular formula is C24H21N3O4S. The predicted molar refractivity (Wildman–Crippen MR) is 123 cm³/mol. The number of hydrogen-bond acceptors (Lipinski definition) is 7. The maximum atomic E-state index is 13.7. The first-order valence-electron chi connectivity index (χ1n) is 10.3. The molecule has 1 amide bonds. The van der Waals surface area contributed by atoms with Crippen molar-refractivity contribution in [3.8, 4) is 5.75 Å². The summed E-state index contributed by atoms with van der Waals surface area (Å²) in [6.45, 7) is 5.87. The van der Waals surface area contributed by atoms with Crippen molar-refractivity contribution in [1.29, 1.82) is 0 Å². The van der Waals surface area contributed by atoms with Crippen molar-refractivity contribution in [3.63, 3.8) is 0 Å². The van der Waals surface area contributed by atoms with E-state index in [4.69, 9.17) is 9.15 Å². The fourth-order valence-electron chi connectivity index (χ4n) is 4.10. The van der Waals surface area contributed by atoms with E-state index in [0.29, 0.717) is 39.4 Å². The fraction of sp³-hybridized carbons (Fsp3) is 0.250. The highest BCUT2D eigenvalue weighted by atomic mass is 32.1. The quantitative estimate of drug-likeness (QED) is 0.455. The molecule has 0 aliphatic carbocycles. The monoisotopic (exact) mass is 447 g/mol. The molecule has 4 aromatic rings. The third-order valence-electron chi connectivity index (χ3n) is 5.88. The van der Waals surface area contributed by atoms with Crippen LogP contribution in [0.1, 0.15) is 50.8 Å². The van der Waals surface area contributed by atoms with Gasteiger partial charge in [0, 0.05) is 5.56 Å². The summed E-state index contributed by atoms with van der Waals surface area (Å²) in [6, 6.07) is 10.3.